The molecule has 0 aliphatic heterocycles. The number of oxazole rings is 1. The van der Waals surface area contributed by atoms with E-state index in [1.165, 1.54) is 18.9 Å². The number of pyridine rings is 1. The number of hydrogen-bond donors (Lipinski definition) is 0. The summed E-state index contributed by atoms with van der Waals surface area (Å²) in [6, 6.07) is 21.7. The van der Waals surface area contributed by atoms with Gasteiger partial charge in [0.15, 0.2) is 14.1 Å². The zero-order valence-electron chi connectivity index (χ0n) is 24.1. The molecule has 2 aromatic heterocycles. The van der Waals surface area contributed by atoms with E-state index in [2.05, 4.69) is 68.1 Å². The molecule has 7 nitrogen and oxygen atoms in total. The average Bonchev–Trinajstić information content (AvgIpc) is 3.45. The number of methoxy groups -OCH3 is 1. The molecule has 0 aliphatic carbocycles. The Balaban J connectivity index is 1.47. The molecule has 40 heavy (non-hydrogen) atoms. The van der Waals surface area contributed by atoms with E-state index < -0.39 is 14.3 Å². The highest BCUT2D eigenvalue weighted by Gasteiger charge is 2.40. The number of esters is 1. The summed E-state index contributed by atoms with van der Waals surface area (Å²) in [5.74, 6) is 1.48. The molecule has 0 amide bonds. The average molecular weight is 559 g/mol. The highest BCUT2D eigenvalue weighted by molar-refractivity contribution is 6.74. The van der Waals surface area contributed by atoms with Crippen LogP contribution in [0.5, 0.6) is 5.75 Å². The molecular formula is C32H38N2O5Si. The van der Waals surface area contributed by atoms with Crippen LogP contribution in [0, 0.1) is 0 Å². The Morgan fingerprint density at radius 3 is 2.25 bits per heavy atom. The van der Waals surface area contributed by atoms with Crippen molar-refractivity contribution >= 4 is 14.3 Å². The zero-order chi connectivity index (χ0) is 28.8. The van der Waals surface area contributed by atoms with Crippen LogP contribution < -0.4 is 4.74 Å². The fraction of sp³-hybridized carbons (Fsp3) is 0.344. The second kappa shape index (κ2) is 12.6. The second-order valence-corrected chi connectivity index (χ2v) is 16.1. The van der Waals surface area contributed by atoms with Gasteiger partial charge in [-0.2, -0.15) is 0 Å². The van der Waals surface area contributed by atoms with Gasteiger partial charge in [-0.15, -0.1) is 0 Å². The van der Waals surface area contributed by atoms with Crippen molar-refractivity contribution in [3.63, 3.8) is 0 Å². The van der Waals surface area contributed by atoms with Crippen molar-refractivity contribution < 1.29 is 23.1 Å². The lowest BCUT2D eigenvalue weighted by Gasteiger charge is -2.38. The molecule has 0 radical (unpaired) electrons. The summed E-state index contributed by atoms with van der Waals surface area (Å²) >= 11 is 0. The van der Waals surface area contributed by atoms with Crippen LogP contribution in [0.4, 0.5) is 0 Å². The Bertz CT molecular complexity index is 1380. The molecule has 8 heteroatoms. The summed E-state index contributed by atoms with van der Waals surface area (Å²) in [5, 5.41) is 0.0341. The van der Waals surface area contributed by atoms with Gasteiger partial charge in [0.25, 0.3) is 0 Å². The topological polar surface area (TPSA) is 83.7 Å². The van der Waals surface area contributed by atoms with Gasteiger partial charge in [-0.3, -0.25) is 4.98 Å². The quantitative estimate of drug-likeness (QED) is 0.137. The van der Waals surface area contributed by atoms with Crippen LogP contribution in [0.1, 0.15) is 60.7 Å². The number of aryl methyl sites for hydroxylation is 1. The Labute approximate surface area is 237 Å². The summed E-state index contributed by atoms with van der Waals surface area (Å²) in [7, 11) is -0.775. The molecule has 2 aromatic carbocycles. The molecule has 4 aromatic rings. The van der Waals surface area contributed by atoms with Gasteiger partial charge in [-0.05, 0) is 66.4 Å². The van der Waals surface area contributed by atoms with Crippen molar-refractivity contribution in [3.8, 4) is 17.2 Å². The lowest BCUT2D eigenvalue weighted by molar-refractivity contribution is 0.0600. The fourth-order valence-corrected chi connectivity index (χ4v) is 5.17. The van der Waals surface area contributed by atoms with Crippen LogP contribution in [-0.4, -0.2) is 31.4 Å². The minimum Gasteiger partial charge on any atom is -0.489 e. The summed E-state index contributed by atoms with van der Waals surface area (Å²) in [6.45, 7) is 11.7. The highest BCUT2D eigenvalue weighted by Crippen LogP contribution is 2.41. The molecule has 0 aliphatic rings. The van der Waals surface area contributed by atoms with Gasteiger partial charge in [0.05, 0.1) is 18.9 Å². The van der Waals surface area contributed by atoms with Gasteiger partial charge in [0.1, 0.15) is 24.2 Å². The van der Waals surface area contributed by atoms with Crippen LogP contribution >= 0.6 is 0 Å². The van der Waals surface area contributed by atoms with E-state index in [9.17, 15) is 4.79 Å². The molecule has 1 unspecified atom stereocenters. The van der Waals surface area contributed by atoms with E-state index >= 15 is 0 Å². The lowest BCUT2D eigenvalue weighted by Crippen LogP contribution is -2.42. The van der Waals surface area contributed by atoms with Crippen LogP contribution in [0.25, 0.3) is 11.5 Å². The van der Waals surface area contributed by atoms with E-state index in [-0.39, 0.29) is 11.1 Å². The van der Waals surface area contributed by atoms with Gasteiger partial charge in [0.2, 0.25) is 5.89 Å². The first-order valence-electron chi connectivity index (χ1n) is 13.5. The largest absolute Gasteiger partial charge is 0.489 e. The molecule has 0 spiro atoms. The van der Waals surface area contributed by atoms with Crippen LogP contribution in [0.2, 0.25) is 18.1 Å². The number of benzene rings is 2. The lowest BCUT2D eigenvalue weighted by atomic mass is 10.1. The number of aromatic nitrogens is 2. The molecule has 0 fully saturated rings. The Hall–Kier alpha value is -3.75. The van der Waals surface area contributed by atoms with Gasteiger partial charge < -0.3 is 18.3 Å². The van der Waals surface area contributed by atoms with Crippen LogP contribution in [-0.2, 0) is 22.2 Å². The zero-order valence-corrected chi connectivity index (χ0v) is 25.1. The van der Waals surface area contributed by atoms with E-state index in [0.29, 0.717) is 29.5 Å². The SMILES string of the molecule is COC(=O)c1ccc(-c2cnc(C(CCc3ccc(COc4ccccc4)cc3)O[Si](C)(C)C(C)(C)C)o2)nc1. The van der Waals surface area contributed by atoms with E-state index in [0.717, 1.165) is 24.2 Å². The predicted octanol–water partition coefficient (Wildman–Crippen LogP) is 7.80. The van der Waals surface area contributed by atoms with E-state index in [1.807, 2.05) is 30.3 Å². The summed E-state index contributed by atoms with van der Waals surface area (Å²) < 4.78 is 23.6. The molecule has 0 saturated carbocycles. The normalized spacial score (nSPS) is 12.7. The first-order chi connectivity index (χ1) is 19.1. The maximum atomic E-state index is 11.8. The standard InChI is InChI=1S/C32H38N2O5Si/c1-32(2,3)40(5,6)39-28(30-34-21-29(38-30)27-18-17-25(20-33-27)31(35)36-4)19-16-23-12-14-24(15-13-23)22-37-26-10-8-7-9-11-26/h7-15,17-18,20-21,28H,16,19,22H2,1-6H3. The number of ether oxygens (including phenoxy) is 2. The third-order valence-corrected chi connectivity index (χ3v) is 11.8. The van der Waals surface area contributed by atoms with Crippen LogP contribution in [0.3, 0.4) is 0 Å². The first-order valence-corrected chi connectivity index (χ1v) is 16.4. The van der Waals surface area contributed by atoms with Crippen molar-refractivity contribution in [2.24, 2.45) is 0 Å². The number of carbonyl (C=O) groups excluding carboxylic acids is 1. The molecule has 0 bridgehead atoms. The number of rotatable bonds is 11. The molecule has 2 heterocycles. The second-order valence-electron chi connectivity index (χ2n) is 11.3. The summed E-state index contributed by atoms with van der Waals surface area (Å²) in [4.78, 5) is 20.7. The van der Waals surface area contributed by atoms with Gasteiger partial charge >= 0.3 is 5.97 Å². The Morgan fingerprint density at radius 1 is 0.925 bits per heavy atom. The minimum atomic E-state index is -2.12. The predicted molar refractivity (Wildman–Crippen MR) is 158 cm³/mol. The molecule has 0 saturated heterocycles. The molecule has 1 atom stereocenters. The number of para-hydroxylation sites is 1. The summed E-state index contributed by atoms with van der Waals surface area (Å²) in [5.41, 5.74) is 3.29. The van der Waals surface area contributed by atoms with Crippen molar-refractivity contribution in [2.75, 3.05) is 7.11 Å². The van der Waals surface area contributed by atoms with Gasteiger partial charge in [0, 0.05) is 6.20 Å². The number of carbonyl (C=O) groups is 1. The molecule has 4 rings (SSSR count). The van der Waals surface area contributed by atoms with Gasteiger partial charge in [-0.1, -0.05) is 63.2 Å². The van der Waals surface area contributed by atoms with Crippen molar-refractivity contribution in [1.82, 2.24) is 9.97 Å². The van der Waals surface area contributed by atoms with E-state index in [1.54, 1.807) is 18.3 Å². The molecular weight excluding hydrogens is 520 g/mol. The number of hydrogen-bond acceptors (Lipinski definition) is 7. The van der Waals surface area contributed by atoms with Gasteiger partial charge in [-0.25, -0.2) is 9.78 Å². The number of nitrogens with zero attached hydrogens (tertiary/aromatic N) is 2. The summed E-state index contributed by atoms with van der Waals surface area (Å²) in [6.07, 6.45) is 4.37. The maximum Gasteiger partial charge on any atom is 0.339 e. The third kappa shape index (κ3) is 7.46. The molecule has 0 N–H and O–H groups in total. The maximum absolute atomic E-state index is 11.8. The van der Waals surface area contributed by atoms with Crippen molar-refractivity contribution in [3.05, 3.63) is 102 Å². The highest BCUT2D eigenvalue weighted by atomic mass is 28.4. The van der Waals surface area contributed by atoms with E-state index in [4.69, 9.17) is 18.3 Å². The first kappa shape index (κ1) is 29.2. The Morgan fingerprint density at radius 2 is 1.62 bits per heavy atom. The fourth-order valence-electron chi connectivity index (χ4n) is 3.88. The molecule has 210 valence electrons. The Kier molecular flexibility index (Phi) is 9.22. The monoisotopic (exact) mass is 558 g/mol. The van der Waals surface area contributed by atoms with Crippen molar-refractivity contribution in [2.45, 2.75) is 64.5 Å². The van der Waals surface area contributed by atoms with Crippen LogP contribution in [0.15, 0.2) is 83.5 Å². The minimum absolute atomic E-state index is 0.0341. The third-order valence-electron chi connectivity index (χ3n) is 7.35. The smallest absolute Gasteiger partial charge is 0.339 e. The van der Waals surface area contributed by atoms with Crippen molar-refractivity contribution in [1.29, 1.82) is 0 Å².